The van der Waals surface area contributed by atoms with Crippen molar-refractivity contribution in [2.45, 2.75) is 6.42 Å². The van der Waals surface area contributed by atoms with Gasteiger partial charge in [-0.25, -0.2) is 4.79 Å². The van der Waals surface area contributed by atoms with Crippen LogP contribution in [0.2, 0.25) is 5.02 Å². The molecule has 0 aromatic heterocycles. The number of carboxylic acid groups (broad SMARTS) is 1. The van der Waals surface area contributed by atoms with Crippen LogP contribution in [0.25, 0.3) is 0 Å². The minimum Gasteiger partial charge on any atom is -0.478 e. The molecule has 0 fully saturated rings. The van der Waals surface area contributed by atoms with Gasteiger partial charge in [0, 0.05) is 7.11 Å². The Balaban J connectivity index is 3.02. The van der Waals surface area contributed by atoms with E-state index in [9.17, 15) is 4.79 Å². The van der Waals surface area contributed by atoms with Crippen molar-refractivity contribution in [1.82, 2.24) is 0 Å². The lowest BCUT2D eigenvalue weighted by Crippen LogP contribution is -2.05. The molecule has 3 nitrogen and oxygen atoms in total. The lowest BCUT2D eigenvalue weighted by molar-refractivity contribution is 0.0695. The first-order valence-electron chi connectivity index (χ1n) is 4.16. The second kappa shape index (κ2) is 4.98. The van der Waals surface area contributed by atoms with Gasteiger partial charge in [0.05, 0.1) is 17.2 Å². The Morgan fingerprint density at radius 3 is 2.86 bits per heavy atom. The molecule has 1 aromatic rings. The van der Waals surface area contributed by atoms with E-state index in [4.69, 9.17) is 21.4 Å². The lowest BCUT2D eigenvalue weighted by Gasteiger charge is -2.06. The Bertz CT molecular complexity index is 336. The van der Waals surface area contributed by atoms with Crippen molar-refractivity contribution in [3.63, 3.8) is 0 Å². The van der Waals surface area contributed by atoms with E-state index in [2.05, 4.69) is 0 Å². The summed E-state index contributed by atoms with van der Waals surface area (Å²) in [5.41, 5.74) is 0.873. The van der Waals surface area contributed by atoms with Gasteiger partial charge in [0.1, 0.15) is 0 Å². The predicted octanol–water partition coefficient (Wildman–Crippen LogP) is 2.23. The Morgan fingerprint density at radius 2 is 2.29 bits per heavy atom. The third-order valence-corrected chi connectivity index (χ3v) is 2.20. The minimum absolute atomic E-state index is 0.172. The molecule has 0 aliphatic carbocycles. The molecule has 0 radical (unpaired) electrons. The number of hydrogen-bond donors (Lipinski definition) is 1. The fourth-order valence-electron chi connectivity index (χ4n) is 1.23. The van der Waals surface area contributed by atoms with Crippen LogP contribution >= 0.6 is 11.6 Å². The SMILES string of the molecule is COCCc1cccc(Cl)c1C(=O)O. The number of carboxylic acids is 1. The molecule has 0 spiro atoms. The molecule has 76 valence electrons. The molecule has 4 heteroatoms. The Hall–Kier alpha value is -1.06. The average molecular weight is 215 g/mol. The molecule has 0 unspecified atom stereocenters. The van der Waals surface area contributed by atoms with Gasteiger partial charge in [-0.05, 0) is 18.1 Å². The van der Waals surface area contributed by atoms with Crippen molar-refractivity contribution in [3.8, 4) is 0 Å². The summed E-state index contributed by atoms with van der Waals surface area (Å²) in [6.45, 7) is 0.487. The molecule has 1 aromatic carbocycles. The van der Waals surface area contributed by atoms with E-state index in [1.165, 1.54) is 0 Å². The van der Waals surface area contributed by atoms with E-state index in [0.29, 0.717) is 18.6 Å². The largest absolute Gasteiger partial charge is 0.478 e. The molecule has 0 bridgehead atoms. The van der Waals surface area contributed by atoms with Crippen LogP contribution < -0.4 is 0 Å². The summed E-state index contributed by atoms with van der Waals surface area (Å²) in [4.78, 5) is 10.9. The van der Waals surface area contributed by atoms with Gasteiger partial charge in [-0.3, -0.25) is 0 Å². The van der Waals surface area contributed by atoms with E-state index in [-0.39, 0.29) is 10.6 Å². The van der Waals surface area contributed by atoms with Gasteiger partial charge in [-0.2, -0.15) is 0 Å². The molecule has 0 aliphatic rings. The molecular formula is C10H11ClO3. The second-order valence-corrected chi connectivity index (χ2v) is 3.23. The molecule has 0 aliphatic heterocycles. The van der Waals surface area contributed by atoms with Gasteiger partial charge in [0.15, 0.2) is 0 Å². The van der Waals surface area contributed by atoms with Crippen molar-refractivity contribution in [2.24, 2.45) is 0 Å². The number of hydrogen-bond acceptors (Lipinski definition) is 2. The highest BCUT2D eigenvalue weighted by atomic mass is 35.5. The zero-order chi connectivity index (χ0) is 10.6. The summed E-state index contributed by atoms with van der Waals surface area (Å²) >= 11 is 5.78. The molecule has 0 amide bonds. The van der Waals surface area contributed by atoms with Gasteiger partial charge >= 0.3 is 5.97 Å². The zero-order valence-electron chi connectivity index (χ0n) is 7.79. The third-order valence-electron chi connectivity index (χ3n) is 1.89. The second-order valence-electron chi connectivity index (χ2n) is 2.82. The van der Waals surface area contributed by atoms with Crippen molar-refractivity contribution in [3.05, 3.63) is 34.3 Å². The maximum absolute atomic E-state index is 10.9. The number of carbonyl (C=O) groups is 1. The van der Waals surface area contributed by atoms with Crippen molar-refractivity contribution in [1.29, 1.82) is 0 Å². The van der Waals surface area contributed by atoms with Gasteiger partial charge in [-0.1, -0.05) is 23.7 Å². The summed E-state index contributed by atoms with van der Waals surface area (Å²) in [5.74, 6) is -0.998. The summed E-state index contributed by atoms with van der Waals surface area (Å²) in [5, 5.41) is 9.19. The molecular weight excluding hydrogens is 204 g/mol. The van der Waals surface area contributed by atoms with Crippen molar-refractivity contribution in [2.75, 3.05) is 13.7 Å². The standard InChI is InChI=1S/C10H11ClO3/c1-14-6-5-7-3-2-4-8(11)9(7)10(12)13/h2-4H,5-6H2,1H3,(H,12,13). The minimum atomic E-state index is -0.998. The Labute approximate surface area is 87.3 Å². The summed E-state index contributed by atoms with van der Waals surface area (Å²) < 4.78 is 4.88. The number of halogens is 1. The van der Waals surface area contributed by atoms with E-state index in [1.807, 2.05) is 0 Å². The maximum Gasteiger partial charge on any atom is 0.337 e. The average Bonchev–Trinajstić information content (AvgIpc) is 2.14. The van der Waals surface area contributed by atoms with E-state index >= 15 is 0 Å². The quantitative estimate of drug-likeness (QED) is 0.836. The number of ether oxygens (including phenoxy) is 1. The molecule has 1 N–H and O–H groups in total. The molecule has 0 atom stereocenters. The lowest BCUT2D eigenvalue weighted by atomic mass is 10.1. The maximum atomic E-state index is 10.9. The van der Waals surface area contributed by atoms with E-state index < -0.39 is 5.97 Å². The summed E-state index contributed by atoms with van der Waals surface area (Å²) in [6, 6.07) is 5.05. The predicted molar refractivity (Wildman–Crippen MR) is 54.0 cm³/mol. The molecule has 0 saturated heterocycles. The van der Waals surface area contributed by atoms with Gasteiger partial charge in [0.2, 0.25) is 0 Å². The normalized spacial score (nSPS) is 10.1. The first-order valence-corrected chi connectivity index (χ1v) is 4.54. The summed E-state index contributed by atoms with van der Waals surface area (Å²) in [7, 11) is 1.57. The number of benzene rings is 1. The Kier molecular flexibility index (Phi) is 3.92. The van der Waals surface area contributed by atoms with Crippen molar-refractivity contribution >= 4 is 17.6 Å². The molecule has 14 heavy (non-hydrogen) atoms. The first-order chi connectivity index (χ1) is 6.66. The molecule has 0 heterocycles. The fraction of sp³-hybridized carbons (Fsp3) is 0.300. The van der Waals surface area contributed by atoms with Crippen LogP contribution in [-0.2, 0) is 11.2 Å². The fourth-order valence-corrected chi connectivity index (χ4v) is 1.50. The van der Waals surface area contributed by atoms with E-state index in [1.54, 1.807) is 25.3 Å². The van der Waals surface area contributed by atoms with Crippen LogP contribution in [0.3, 0.4) is 0 Å². The highest BCUT2D eigenvalue weighted by molar-refractivity contribution is 6.33. The Morgan fingerprint density at radius 1 is 1.57 bits per heavy atom. The van der Waals surface area contributed by atoms with E-state index in [0.717, 1.165) is 0 Å². The summed E-state index contributed by atoms with van der Waals surface area (Å²) in [6.07, 6.45) is 0.554. The monoisotopic (exact) mass is 214 g/mol. The number of methoxy groups -OCH3 is 1. The highest BCUT2D eigenvalue weighted by Crippen LogP contribution is 2.20. The van der Waals surface area contributed by atoms with Crippen LogP contribution in [0.15, 0.2) is 18.2 Å². The highest BCUT2D eigenvalue weighted by Gasteiger charge is 2.13. The smallest absolute Gasteiger partial charge is 0.337 e. The number of aromatic carboxylic acids is 1. The van der Waals surface area contributed by atoms with Crippen LogP contribution in [0.4, 0.5) is 0 Å². The van der Waals surface area contributed by atoms with Crippen LogP contribution in [0.1, 0.15) is 15.9 Å². The van der Waals surface area contributed by atoms with Crippen LogP contribution in [0.5, 0.6) is 0 Å². The van der Waals surface area contributed by atoms with Crippen molar-refractivity contribution < 1.29 is 14.6 Å². The zero-order valence-corrected chi connectivity index (χ0v) is 8.54. The third kappa shape index (κ3) is 2.47. The molecule has 1 rings (SSSR count). The first kappa shape index (κ1) is 11.0. The van der Waals surface area contributed by atoms with Gasteiger partial charge in [-0.15, -0.1) is 0 Å². The van der Waals surface area contributed by atoms with Crippen LogP contribution in [0, 0.1) is 0 Å². The van der Waals surface area contributed by atoms with Gasteiger partial charge in [0.25, 0.3) is 0 Å². The molecule has 0 saturated carbocycles. The topological polar surface area (TPSA) is 46.5 Å². The van der Waals surface area contributed by atoms with Crippen LogP contribution in [-0.4, -0.2) is 24.8 Å². The number of rotatable bonds is 4. The van der Waals surface area contributed by atoms with Gasteiger partial charge < -0.3 is 9.84 Å².